The van der Waals surface area contributed by atoms with Gasteiger partial charge >= 0.3 is 12.1 Å². The summed E-state index contributed by atoms with van der Waals surface area (Å²) in [5, 5.41) is 2.64. The summed E-state index contributed by atoms with van der Waals surface area (Å²) in [6.07, 6.45) is 6.25. The number of ether oxygens (including phenoxy) is 2. The first-order valence-corrected chi connectivity index (χ1v) is 8.66. The quantitative estimate of drug-likeness (QED) is 0.436. The topological polar surface area (TPSA) is 64.6 Å². The van der Waals surface area contributed by atoms with E-state index in [0.29, 0.717) is 13.2 Å². The highest BCUT2D eigenvalue weighted by atomic mass is 16.6. The molecule has 0 aromatic carbocycles. The molecule has 5 nitrogen and oxygen atoms in total. The highest BCUT2D eigenvalue weighted by Crippen LogP contribution is 2.10. The summed E-state index contributed by atoms with van der Waals surface area (Å²) in [5.74, 6) is -0.347. The number of rotatable bonds is 12. The van der Waals surface area contributed by atoms with Crippen LogP contribution in [0.2, 0.25) is 0 Å². The van der Waals surface area contributed by atoms with Gasteiger partial charge in [-0.1, -0.05) is 59.8 Å². The molecule has 0 heterocycles. The number of amides is 1. The van der Waals surface area contributed by atoms with Gasteiger partial charge in [0.2, 0.25) is 0 Å². The molecule has 0 aliphatic heterocycles. The minimum Gasteiger partial charge on any atom is -0.464 e. The van der Waals surface area contributed by atoms with Crippen molar-refractivity contribution in [2.24, 2.45) is 5.92 Å². The molecule has 130 valence electrons. The predicted octanol–water partition coefficient (Wildman–Crippen LogP) is 4.05. The SMILES string of the molecule is CCCCCCOC(=O)[C@@H](NC(=O)OCCCC)C(C)CC. The van der Waals surface area contributed by atoms with E-state index in [2.05, 4.69) is 12.2 Å². The molecule has 0 bridgehead atoms. The molecule has 1 unspecified atom stereocenters. The molecule has 0 spiro atoms. The van der Waals surface area contributed by atoms with Gasteiger partial charge in [-0.2, -0.15) is 0 Å². The number of carbonyl (C=O) groups is 2. The van der Waals surface area contributed by atoms with Gasteiger partial charge in [0.05, 0.1) is 13.2 Å². The fourth-order valence-electron chi connectivity index (χ4n) is 1.94. The fraction of sp³-hybridized carbons (Fsp3) is 0.882. The van der Waals surface area contributed by atoms with E-state index in [1.807, 2.05) is 20.8 Å². The Kier molecular flexibility index (Phi) is 12.6. The third kappa shape index (κ3) is 9.64. The van der Waals surface area contributed by atoms with Crippen molar-refractivity contribution in [1.29, 1.82) is 0 Å². The Morgan fingerprint density at radius 2 is 1.55 bits per heavy atom. The second-order valence-electron chi connectivity index (χ2n) is 5.73. The zero-order chi connectivity index (χ0) is 16.8. The van der Waals surface area contributed by atoms with Crippen molar-refractivity contribution in [1.82, 2.24) is 5.32 Å². The first kappa shape index (κ1) is 20.7. The molecular weight excluding hydrogens is 282 g/mol. The molecule has 0 saturated heterocycles. The number of alkyl carbamates (subject to hydrolysis) is 1. The summed E-state index contributed by atoms with van der Waals surface area (Å²) in [4.78, 5) is 23.9. The largest absolute Gasteiger partial charge is 0.464 e. The van der Waals surface area contributed by atoms with Crippen molar-refractivity contribution in [3.05, 3.63) is 0 Å². The van der Waals surface area contributed by atoms with Crippen molar-refractivity contribution in [2.45, 2.75) is 78.7 Å². The monoisotopic (exact) mass is 315 g/mol. The molecule has 0 aromatic heterocycles. The highest BCUT2D eigenvalue weighted by molar-refractivity contribution is 5.81. The lowest BCUT2D eigenvalue weighted by molar-refractivity contribution is -0.147. The van der Waals surface area contributed by atoms with E-state index in [1.54, 1.807) is 0 Å². The Morgan fingerprint density at radius 3 is 2.14 bits per heavy atom. The maximum atomic E-state index is 12.1. The van der Waals surface area contributed by atoms with Crippen LogP contribution in [0.15, 0.2) is 0 Å². The van der Waals surface area contributed by atoms with E-state index >= 15 is 0 Å². The summed E-state index contributed by atoms with van der Waals surface area (Å²) in [6.45, 7) is 8.86. The van der Waals surface area contributed by atoms with E-state index < -0.39 is 12.1 Å². The zero-order valence-electron chi connectivity index (χ0n) is 14.7. The number of nitrogens with one attached hydrogen (secondary N) is 1. The summed E-state index contributed by atoms with van der Waals surface area (Å²) in [7, 11) is 0. The van der Waals surface area contributed by atoms with Crippen LogP contribution in [-0.4, -0.2) is 31.3 Å². The third-order valence-corrected chi connectivity index (χ3v) is 3.71. The second-order valence-corrected chi connectivity index (χ2v) is 5.73. The summed E-state index contributed by atoms with van der Waals surface area (Å²) < 4.78 is 10.3. The minimum atomic E-state index is -0.634. The number of hydrogen-bond donors (Lipinski definition) is 1. The van der Waals surface area contributed by atoms with Crippen molar-refractivity contribution < 1.29 is 19.1 Å². The van der Waals surface area contributed by atoms with Crippen LogP contribution in [0.1, 0.15) is 72.6 Å². The average molecular weight is 315 g/mol. The second kappa shape index (κ2) is 13.4. The van der Waals surface area contributed by atoms with Crippen molar-refractivity contribution in [3.8, 4) is 0 Å². The fourth-order valence-corrected chi connectivity index (χ4v) is 1.94. The molecule has 0 aliphatic rings. The first-order chi connectivity index (χ1) is 10.6. The van der Waals surface area contributed by atoms with Crippen molar-refractivity contribution in [2.75, 3.05) is 13.2 Å². The summed E-state index contributed by atoms with van der Waals surface area (Å²) >= 11 is 0. The van der Waals surface area contributed by atoms with Gasteiger partial charge in [0.25, 0.3) is 0 Å². The molecular formula is C17H33NO4. The van der Waals surface area contributed by atoms with Crippen LogP contribution in [0.5, 0.6) is 0 Å². The maximum absolute atomic E-state index is 12.1. The van der Waals surface area contributed by atoms with Gasteiger partial charge in [-0.15, -0.1) is 0 Å². The Balaban J connectivity index is 4.25. The van der Waals surface area contributed by atoms with Crippen LogP contribution in [-0.2, 0) is 14.3 Å². The smallest absolute Gasteiger partial charge is 0.407 e. The van der Waals surface area contributed by atoms with Gasteiger partial charge in [-0.05, 0) is 18.8 Å². The molecule has 0 fully saturated rings. The van der Waals surface area contributed by atoms with Crippen molar-refractivity contribution >= 4 is 12.1 Å². The predicted molar refractivity (Wildman–Crippen MR) is 87.7 cm³/mol. The first-order valence-electron chi connectivity index (χ1n) is 8.66. The zero-order valence-corrected chi connectivity index (χ0v) is 14.7. The van der Waals surface area contributed by atoms with Gasteiger partial charge < -0.3 is 14.8 Å². The Labute approximate surface area is 135 Å². The van der Waals surface area contributed by atoms with Crippen LogP contribution in [0.3, 0.4) is 0 Å². The minimum absolute atomic E-state index is 0.0156. The Morgan fingerprint density at radius 1 is 0.909 bits per heavy atom. The number of esters is 1. The van der Waals surface area contributed by atoms with E-state index in [-0.39, 0.29) is 11.9 Å². The van der Waals surface area contributed by atoms with Crippen LogP contribution in [0, 0.1) is 5.92 Å². The van der Waals surface area contributed by atoms with Gasteiger partial charge in [-0.3, -0.25) is 0 Å². The lowest BCUT2D eigenvalue weighted by atomic mass is 9.99. The lowest BCUT2D eigenvalue weighted by Gasteiger charge is -2.22. The normalized spacial score (nSPS) is 13.3. The molecule has 0 radical (unpaired) electrons. The number of hydrogen-bond acceptors (Lipinski definition) is 4. The van der Waals surface area contributed by atoms with Crippen LogP contribution >= 0.6 is 0 Å². The van der Waals surface area contributed by atoms with E-state index in [4.69, 9.17) is 9.47 Å². The summed E-state index contributed by atoms with van der Waals surface area (Å²) in [5.41, 5.74) is 0. The molecule has 5 heteroatoms. The van der Waals surface area contributed by atoms with Crippen LogP contribution in [0.25, 0.3) is 0 Å². The lowest BCUT2D eigenvalue weighted by Crippen LogP contribution is -2.46. The summed E-state index contributed by atoms with van der Waals surface area (Å²) in [6, 6.07) is -0.634. The van der Waals surface area contributed by atoms with Gasteiger partial charge in [0, 0.05) is 0 Å². The molecule has 0 aromatic rings. The van der Waals surface area contributed by atoms with Gasteiger partial charge in [0.15, 0.2) is 0 Å². The van der Waals surface area contributed by atoms with Crippen molar-refractivity contribution in [3.63, 3.8) is 0 Å². The van der Waals surface area contributed by atoms with Crippen LogP contribution < -0.4 is 5.32 Å². The highest BCUT2D eigenvalue weighted by Gasteiger charge is 2.27. The maximum Gasteiger partial charge on any atom is 0.407 e. The molecule has 1 N–H and O–H groups in total. The molecule has 1 amide bonds. The molecule has 0 saturated carbocycles. The Bertz CT molecular complexity index is 307. The van der Waals surface area contributed by atoms with E-state index in [0.717, 1.165) is 44.9 Å². The average Bonchev–Trinajstić information content (AvgIpc) is 2.51. The Hall–Kier alpha value is -1.26. The van der Waals surface area contributed by atoms with Gasteiger partial charge in [-0.25, -0.2) is 9.59 Å². The van der Waals surface area contributed by atoms with Gasteiger partial charge in [0.1, 0.15) is 6.04 Å². The van der Waals surface area contributed by atoms with Crippen LogP contribution in [0.4, 0.5) is 4.79 Å². The van der Waals surface area contributed by atoms with E-state index in [9.17, 15) is 9.59 Å². The molecule has 2 atom stereocenters. The standard InChI is InChI=1S/C17H33NO4/c1-5-8-10-11-13-21-16(19)15(14(4)7-3)18-17(20)22-12-9-6-2/h14-15H,5-13H2,1-4H3,(H,18,20)/t14?,15-/m0/s1. The molecule has 0 rings (SSSR count). The number of unbranched alkanes of at least 4 members (excludes halogenated alkanes) is 4. The van der Waals surface area contributed by atoms with E-state index in [1.165, 1.54) is 0 Å². The number of carbonyl (C=O) groups excluding carboxylic acids is 2. The third-order valence-electron chi connectivity index (χ3n) is 3.71. The molecule has 22 heavy (non-hydrogen) atoms. The molecule has 0 aliphatic carbocycles.